The third-order valence-electron chi connectivity index (χ3n) is 0.817. The van der Waals surface area contributed by atoms with Crippen LogP contribution in [0.2, 0.25) is 0 Å². The minimum atomic E-state index is -0.981. The molecule has 0 saturated carbocycles. The van der Waals surface area contributed by atoms with Gasteiger partial charge in [-0.05, 0) is 0 Å². The van der Waals surface area contributed by atoms with Crippen LogP contribution >= 0.6 is 0 Å². The number of carboxylic acids is 1. The number of rotatable bonds is 5. The lowest BCUT2D eigenvalue weighted by atomic mass is 10.6. The van der Waals surface area contributed by atoms with E-state index < -0.39 is 5.97 Å². The van der Waals surface area contributed by atoms with E-state index in [9.17, 15) is 4.79 Å². The Balaban J connectivity index is 0. The van der Waals surface area contributed by atoms with E-state index in [0.717, 1.165) is 19.2 Å². The molecule has 0 aliphatic carbocycles. The third-order valence-corrected chi connectivity index (χ3v) is 0.817. The van der Waals surface area contributed by atoms with Gasteiger partial charge in [-0.25, -0.2) is 4.79 Å². The first-order chi connectivity index (χ1) is 5.68. The zero-order valence-electron chi connectivity index (χ0n) is 7.12. The largest absolute Gasteiger partial charge is 0.478 e. The van der Waals surface area contributed by atoms with Crippen LogP contribution in [0.25, 0.3) is 0 Å². The molecule has 5 heteroatoms. The molecule has 0 aromatic heterocycles. The molecule has 6 N–H and O–H groups in total. The molecule has 0 spiro atoms. The minimum Gasteiger partial charge on any atom is -0.478 e. The van der Waals surface area contributed by atoms with Crippen LogP contribution in [-0.4, -0.2) is 37.3 Å². The van der Waals surface area contributed by atoms with Crippen molar-refractivity contribution in [2.45, 2.75) is 0 Å². The first-order valence-corrected chi connectivity index (χ1v) is 3.65. The van der Waals surface area contributed by atoms with E-state index in [2.05, 4.69) is 11.9 Å². The molecule has 0 rings (SSSR count). The van der Waals surface area contributed by atoms with Crippen LogP contribution in [0.3, 0.4) is 0 Å². The lowest BCUT2D eigenvalue weighted by molar-refractivity contribution is -0.131. The third kappa shape index (κ3) is 23.0. The maximum absolute atomic E-state index is 9.25. The van der Waals surface area contributed by atoms with Crippen LogP contribution in [0.15, 0.2) is 12.7 Å². The summed E-state index contributed by atoms with van der Waals surface area (Å²) in [5.74, 6) is -0.981. The highest BCUT2D eigenvalue weighted by atomic mass is 16.4. The first-order valence-electron chi connectivity index (χ1n) is 3.65. The number of hydrogen-bond acceptors (Lipinski definition) is 4. The number of nitrogens with one attached hydrogen (secondary N) is 1. The second kappa shape index (κ2) is 12.7. The number of carbonyl (C=O) groups is 1. The Bertz CT molecular complexity index is 113. The molecule has 0 radical (unpaired) electrons. The van der Waals surface area contributed by atoms with Crippen LogP contribution in [0.4, 0.5) is 0 Å². The highest BCUT2D eigenvalue weighted by Crippen LogP contribution is 1.54. The SMILES string of the molecule is C=CC(=O)O.NCCNCCN. The molecule has 12 heavy (non-hydrogen) atoms. The van der Waals surface area contributed by atoms with Crippen LogP contribution in [-0.2, 0) is 4.79 Å². The normalized spacial score (nSPS) is 8.17. The lowest BCUT2D eigenvalue weighted by Crippen LogP contribution is -2.27. The molecule has 0 atom stereocenters. The van der Waals surface area contributed by atoms with Crippen molar-refractivity contribution in [3.8, 4) is 0 Å². The van der Waals surface area contributed by atoms with E-state index >= 15 is 0 Å². The van der Waals surface area contributed by atoms with Crippen LogP contribution < -0.4 is 16.8 Å². The maximum atomic E-state index is 9.25. The van der Waals surface area contributed by atoms with E-state index in [1.54, 1.807) is 0 Å². The average molecular weight is 175 g/mol. The first kappa shape index (κ1) is 13.7. The second-order valence-electron chi connectivity index (χ2n) is 1.87. The van der Waals surface area contributed by atoms with Crippen LogP contribution in [0.1, 0.15) is 0 Å². The Morgan fingerprint density at radius 3 is 1.92 bits per heavy atom. The Hall–Kier alpha value is -0.910. The van der Waals surface area contributed by atoms with Crippen molar-refractivity contribution >= 4 is 5.97 Å². The van der Waals surface area contributed by atoms with Gasteiger partial charge in [0, 0.05) is 32.3 Å². The molecule has 0 fully saturated rings. The molecule has 0 bridgehead atoms. The van der Waals surface area contributed by atoms with Gasteiger partial charge in [-0.15, -0.1) is 0 Å². The second-order valence-corrected chi connectivity index (χ2v) is 1.87. The summed E-state index contributed by atoms with van der Waals surface area (Å²) in [5.41, 5.74) is 10.3. The number of hydrogen-bond donors (Lipinski definition) is 4. The molecule has 0 aliphatic rings. The Morgan fingerprint density at radius 1 is 1.42 bits per heavy atom. The standard InChI is InChI=1S/C4H13N3.C3H4O2/c5-1-3-7-4-2-6;1-2-3(4)5/h7H,1-6H2;2H,1H2,(H,4,5). The van der Waals surface area contributed by atoms with Gasteiger partial charge in [0.15, 0.2) is 0 Å². The number of nitrogens with two attached hydrogens (primary N) is 2. The summed E-state index contributed by atoms with van der Waals surface area (Å²) in [4.78, 5) is 9.25. The van der Waals surface area contributed by atoms with Gasteiger partial charge in [-0.2, -0.15) is 0 Å². The summed E-state index contributed by atoms with van der Waals surface area (Å²) in [6.45, 7) is 6.09. The van der Waals surface area contributed by atoms with E-state index in [4.69, 9.17) is 16.6 Å². The van der Waals surface area contributed by atoms with E-state index in [1.807, 2.05) is 0 Å². The molecule has 0 amide bonds. The fourth-order valence-electron chi connectivity index (χ4n) is 0.329. The topological polar surface area (TPSA) is 101 Å². The monoisotopic (exact) mass is 175 g/mol. The van der Waals surface area contributed by atoms with Crippen molar-refractivity contribution in [2.24, 2.45) is 11.5 Å². The molecule has 0 heterocycles. The van der Waals surface area contributed by atoms with Gasteiger partial charge < -0.3 is 21.9 Å². The summed E-state index contributed by atoms with van der Waals surface area (Å²) in [5, 5.41) is 10.6. The maximum Gasteiger partial charge on any atom is 0.327 e. The fourth-order valence-corrected chi connectivity index (χ4v) is 0.329. The van der Waals surface area contributed by atoms with Crippen molar-refractivity contribution in [3.05, 3.63) is 12.7 Å². The van der Waals surface area contributed by atoms with E-state index in [1.165, 1.54) is 0 Å². The molecular formula is C7H17N3O2. The van der Waals surface area contributed by atoms with Crippen molar-refractivity contribution in [3.63, 3.8) is 0 Å². The highest BCUT2D eigenvalue weighted by molar-refractivity contribution is 5.78. The zero-order valence-corrected chi connectivity index (χ0v) is 7.12. The Labute approximate surface area is 72.4 Å². The predicted octanol–water partition coefficient (Wildman–Crippen LogP) is -1.25. The molecule has 0 saturated heterocycles. The summed E-state index contributed by atoms with van der Waals surface area (Å²) in [7, 11) is 0. The number of aliphatic carboxylic acids is 1. The highest BCUT2D eigenvalue weighted by Gasteiger charge is 1.76. The molecule has 0 aromatic rings. The molecule has 72 valence electrons. The lowest BCUT2D eigenvalue weighted by Gasteiger charge is -1.95. The molecule has 0 aliphatic heterocycles. The quantitative estimate of drug-likeness (QED) is 0.309. The van der Waals surface area contributed by atoms with Crippen LogP contribution in [0.5, 0.6) is 0 Å². The minimum absolute atomic E-state index is 0.694. The van der Waals surface area contributed by atoms with Gasteiger partial charge in [0.05, 0.1) is 0 Å². The van der Waals surface area contributed by atoms with E-state index in [0.29, 0.717) is 13.1 Å². The smallest absolute Gasteiger partial charge is 0.327 e. The Morgan fingerprint density at radius 2 is 1.75 bits per heavy atom. The summed E-state index contributed by atoms with van der Waals surface area (Å²) < 4.78 is 0. The van der Waals surface area contributed by atoms with Gasteiger partial charge in [-0.1, -0.05) is 6.58 Å². The predicted molar refractivity (Wildman–Crippen MR) is 48.8 cm³/mol. The summed E-state index contributed by atoms with van der Waals surface area (Å²) in [6.07, 6.45) is 0.833. The molecule has 5 nitrogen and oxygen atoms in total. The average Bonchev–Trinajstić information content (AvgIpc) is 2.07. The van der Waals surface area contributed by atoms with Gasteiger partial charge in [-0.3, -0.25) is 0 Å². The molecule has 0 unspecified atom stereocenters. The van der Waals surface area contributed by atoms with E-state index in [-0.39, 0.29) is 0 Å². The summed E-state index contributed by atoms with van der Waals surface area (Å²) in [6, 6.07) is 0. The summed E-state index contributed by atoms with van der Waals surface area (Å²) >= 11 is 0. The van der Waals surface area contributed by atoms with Gasteiger partial charge >= 0.3 is 5.97 Å². The molecule has 0 aromatic carbocycles. The van der Waals surface area contributed by atoms with Crippen molar-refractivity contribution in [1.82, 2.24) is 5.32 Å². The fraction of sp³-hybridized carbons (Fsp3) is 0.571. The Kier molecular flexibility index (Phi) is 14.5. The van der Waals surface area contributed by atoms with Gasteiger partial charge in [0.2, 0.25) is 0 Å². The molecular weight excluding hydrogens is 158 g/mol. The van der Waals surface area contributed by atoms with Crippen LogP contribution in [0, 0.1) is 0 Å². The van der Waals surface area contributed by atoms with Gasteiger partial charge in [0.25, 0.3) is 0 Å². The van der Waals surface area contributed by atoms with Crippen molar-refractivity contribution < 1.29 is 9.90 Å². The van der Waals surface area contributed by atoms with Gasteiger partial charge in [0.1, 0.15) is 0 Å². The number of carboxylic acid groups (broad SMARTS) is 1. The van der Waals surface area contributed by atoms with Crippen molar-refractivity contribution in [1.29, 1.82) is 0 Å². The zero-order chi connectivity index (χ0) is 9.82. The van der Waals surface area contributed by atoms with Crippen molar-refractivity contribution in [2.75, 3.05) is 26.2 Å².